The van der Waals surface area contributed by atoms with Crippen LogP contribution in [0.1, 0.15) is 10.4 Å². The van der Waals surface area contributed by atoms with Gasteiger partial charge in [-0.3, -0.25) is 0 Å². The summed E-state index contributed by atoms with van der Waals surface area (Å²) < 4.78 is 0. The molecule has 0 atom stereocenters. The predicted molar refractivity (Wildman–Crippen MR) is 132 cm³/mol. The van der Waals surface area contributed by atoms with Crippen LogP contribution in [0.15, 0.2) is 103 Å². The second kappa shape index (κ2) is 7.53. The van der Waals surface area contributed by atoms with Crippen LogP contribution in [-0.4, -0.2) is 21.0 Å². The summed E-state index contributed by atoms with van der Waals surface area (Å²) in [5.74, 6) is -0.937. The van der Waals surface area contributed by atoms with Gasteiger partial charge in [0.2, 0.25) is 0 Å². The van der Waals surface area contributed by atoms with E-state index >= 15 is 0 Å². The van der Waals surface area contributed by atoms with E-state index in [4.69, 9.17) is 9.97 Å². The van der Waals surface area contributed by atoms with Gasteiger partial charge in [0.05, 0.1) is 28.0 Å². The molecule has 2 aromatic heterocycles. The van der Waals surface area contributed by atoms with Crippen LogP contribution in [0.4, 0.5) is 0 Å². The SMILES string of the molecule is O=C(O)c1ccc(-c2cc(-c3ccc4ccccc4n3)nc3ccc4ccccc4c23)cc1. The highest BCUT2D eigenvalue weighted by Crippen LogP contribution is 2.36. The van der Waals surface area contributed by atoms with Crippen LogP contribution in [0.3, 0.4) is 0 Å². The summed E-state index contributed by atoms with van der Waals surface area (Å²) in [6, 6.07) is 33.5. The molecule has 6 rings (SSSR count). The fraction of sp³-hybridized carbons (Fsp3) is 0. The third kappa shape index (κ3) is 3.29. The summed E-state index contributed by atoms with van der Waals surface area (Å²) in [5.41, 5.74) is 5.57. The number of nitrogens with zero attached hydrogens (tertiary/aromatic N) is 2. The van der Waals surface area contributed by atoms with E-state index in [0.29, 0.717) is 0 Å². The Morgan fingerprint density at radius 3 is 2.15 bits per heavy atom. The van der Waals surface area contributed by atoms with Crippen molar-refractivity contribution in [1.82, 2.24) is 9.97 Å². The number of carbonyl (C=O) groups is 1. The number of carboxylic acid groups (broad SMARTS) is 1. The molecule has 0 spiro atoms. The van der Waals surface area contributed by atoms with Gasteiger partial charge in [-0.2, -0.15) is 0 Å². The Hall–Kier alpha value is -4.57. The van der Waals surface area contributed by atoms with Gasteiger partial charge in [-0.05, 0) is 58.3 Å². The van der Waals surface area contributed by atoms with Crippen molar-refractivity contribution in [3.05, 3.63) is 109 Å². The van der Waals surface area contributed by atoms with Crippen LogP contribution in [0.2, 0.25) is 0 Å². The van der Waals surface area contributed by atoms with Crippen LogP contribution < -0.4 is 0 Å². The fourth-order valence-corrected chi connectivity index (χ4v) is 4.37. The van der Waals surface area contributed by atoms with Crippen molar-refractivity contribution in [3.63, 3.8) is 0 Å². The largest absolute Gasteiger partial charge is 0.478 e. The topological polar surface area (TPSA) is 63.1 Å². The molecule has 0 amide bonds. The lowest BCUT2D eigenvalue weighted by atomic mass is 9.94. The molecule has 0 saturated heterocycles. The van der Waals surface area contributed by atoms with Gasteiger partial charge >= 0.3 is 5.97 Å². The third-order valence-corrected chi connectivity index (χ3v) is 6.00. The van der Waals surface area contributed by atoms with Gasteiger partial charge in [0, 0.05) is 10.8 Å². The van der Waals surface area contributed by atoms with Gasteiger partial charge in [-0.25, -0.2) is 14.8 Å². The molecule has 6 aromatic rings. The molecule has 0 unspecified atom stereocenters. The average molecular weight is 426 g/mol. The first kappa shape index (κ1) is 19.1. The maximum absolute atomic E-state index is 11.4. The van der Waals surface area contributed by atoms with Crippen molar-refractivity contribution in [2.24, 2.45) is 0 Å². The van der Waals surface area contributed by atoms with Crippen LogP contribution >= 0.6 is 0 Å². The molecule has 4 nitrogen and oxygen atoms in total. The lowest BCUT2D eigenvalue weighted by Crippen LogP contribution is -1.96. The first-order valence-corrected chi connectivity index (χ1v) is 10.7. The first-order valence-electron chi connectivity index (χ1n) is 10.7. The number of pyridine rings is 2. The monoisotopic (exact) mass is 426 g/mol. The maximum atomic E-state index is 11.4. The second-order valence-corrected chi connectivity index (χ2v) is 8.01. The first-order chi connectivity index (χ1) is 16.2. The van der Waals surface area contributed by atoms with Gasteiger partial charge in [0.15, 0.2) is 0 Å². The highest BCUT2D eigenvalue weighted by molar-refractivity contribution is 6.13. The molecule has 1 N–H and O–H groups in total. The summed E-state index contributed by atoms with van der Waals surface area (Å²) in [7, 11) is 0. The van der Waals surface area contributed by atoms with Crippen LogP contribution in [-0.2, 0) is 0 Å². The number of fused-ring (bicyclic) bond motifs is 4. The minimum absolute atomic E-state index is 0.262. The zero-order valence-electron chi connectivity index (χ0n) is 17.6. The number of hydrogen-bond donors (Lipinski definition) is 1. The molecular weight excluding hydrogens is 408 g/mol. The molecule has 2 heterocycles. The molecule has 0 saturated carbocycles. The summed E-state index contributed by atoms with van der Waals surface area (Å²) in [4.78, 5) is 21.2. The maximum Gasteiger partial charge on any atom is 0.335 e. The van der Waals surface area contributed by atoms with Crippen LogP contribution in [0.5, 0.6) is 0 Å². The van der Waals surface area contributed by atoms with Crippen molar-refractivity contribution >= 4 is 38.5 Å². The summed E-state index contributed by atoms with van der Waals surface area (Å²) in [5, 5.41) is 13.7. The molecule has 0 fully saturated rings. The molecule has 0 radical (unpaired) electrons. The standard InChI is InChI=1S/C29H18N2O2/c32-29(33)21-11-9-19(10-12-21)23-17-27(25-15-14-20-6-2-4-8-24(20)30-25)31-26-16-13-18-5-1-3-7-22(18)28(23)26/h1-17H,(H,32,33). The van der Waals surface area contributed by atoms with E-state index in [-0.39, 0.29) is 5.56 Å². The quantitative estimate of drug-likeness (QED) is 0.310. The Kier molecular flexibility index (Phi) is 4.37. The molecule has 0 aliphatic carbocycles. The smallest absolute Gasteiger partial charge is 0.335 e. The van der Waals surface area contributed by atoms with Crippen molar-refractivity contribution in [3.8, 4) is 22.5 Å². The average Bonchev–Trinajstić information content (AvgIpc) is 2.87. The molecule has 0 bridgehead atoms. The van der Waals surface area contributed by atoms with Crippen molar-refractivity contribution < 1.29 is 9.90 Å². The van der Waals surface area contributed by atoms with Gasteiger partial charge in [0.1, 0.15) is 0 Å². The molecule has 4 heteroatoms. The van der Waals surface area contributed by atoms with E-state index in [1.165, 1.54) is 0 Å². The molecule has 0 aliphatic rings. The van der Waals surface area contributed by atoms with E-state index in [0.717, 1.165) is 55.1 Å². The number of carboxylic acids is 1. The summed E-state index contributed by atoms with van der Waals surface area (Å²) >= 11 is 0. The fourth-order valence-electron chi connectivity index (χ4n) is 4.37. The second-order valence-electron chi connectivity index (χ2n) is 8.01. The summed E-state index contributed by atoms with van der Waals surface area (Å²) in [6.45, 7) is 0. The van der Waals surface area contributed by atoms with Gasteiger partial charge in [-0.15, -0.1) is 0 Å². The van der Waals surface area contributed by atoms with Crippen molar-refractivity contribution in [2.45, 2.75) is 0 Å². The molecule has 33 heavy (non-hydrogen) atoms. The number of aromatic carboxylic acids is 1. The van der Waals surface area contributed by atoms with E-state index in [9.17, 15) is 9.90 Å². The normalized spacial score (nSPS) is 11.3. The van der Waals surface area contributed by atoms with E-state index < -0.39 is 5.97 Å². The van der Waals surface area contributed by atoms with Gasteiger partial charge < -0.3 is 5.11 Å². The Balaban J connectivity index is 1.65. The zero-order valence-corrected chi connectivity index (χ0v) is 17.6. The van der Waals surface area contributed by atoms with Gasteiger partial charge in [0.25, 0.3) is 0 Å². The highest BCUT2D eigenvalue weighted by Gasteiger charge is 2.14. The number of para-hydroxylation sites is 1. The molecule has 0 aliphatic heterocycles. The number of rotatable bonds is 3. The molecule has 156 valence electrons. The minimum atomic E-state index is -0.937. The Bertz CT molecular complexity index is 1690. The number of aromatic nitrogens is 2. The third-order valence-electron chi connectivity index (χ3n) is 6.00. The van der Waals surface area contributed by atoms with Crippen molar-refractivity contribution in [2.75, 3.05) is 0 Å². The molecular formula is C29H18N2O2. The Morgan fingerprint density at radius 1 is 0.636 bits per heavy atom. The number of hydrogen-bond acceptors (Lipinski definition) is 3. The van der Waals surface area contributed by atoms with Crippen LogP contribution in [0.25, 0.3) is 55.1 Å². The van der Waals surface area contributed by atoms with E-state index in [1.54, 1.807) is 12.1 Å². The molecule has 4 aromatic carbocycles. The van der Waals surface area contributed by atoms with Crippen LogP contribution in [0, 0.1) is 0 Å². The highest BCUT2D eigenvalue weighted by atomic mass is 16.4. The van der Waals surface area contributed by atoms with Crippen molar-refractivity contribution in [1.29, 1.82) is 0 Å². The lowest BCUT2D eigenvalue weighted by Gasteiger charge is -2.13. The minimum Gasteiger partial charge on any atom is -0.478 e. The van der Waals surface area contributed by atoms with Gasteiger partial charge in [-0.1, -0.05) is 66.7 Å². The Morgan fingerprint density at radius 2 is 1.33 bits per heavy atom. The summed E-state index contributed by atoms with van der Waals surface area (Å²) in [6.07, 6.45) is 0. The lowest BCUT2D eigenvalue weighted by molar-refractivity contribution is 0.0697. The zero-order chi connectivity index (χ0) is 22.4. The number of benzene rings is 4. The Labute approximate surface area is 189 Å². The van der Waals surface area contributed by atoms with E-state index in [2.05, 4.69) is 30.3 Å². The van der Waals surface area contributed by atoms with E-state index in [1.807, 2.05) is 60.7 Å². The predicted octanol–water partition coefficient (Wildman–Crippen LogP) is 6.97.